The van der Waals surface area contributed by atoms with Crippen molar-refractivity contribution < 1.29 is 12.3 Å². The van der Waals surface area contributed by atoms with Gasteiger partial charge in [-0.15, -0.1) is 6.42 Å². The average Bonchev–Trinajstić information content (AvgIpc) is 2.85. The van der Waals surface area contributed by atoms with Crippen LogP contribution < -0.4 is 10.1 Å². The van der Waals surface area contributed by atoms with Gasteiger partial charge in [-0.1, -0.05) is 24.5 Å². The quantitative estimate of drug-likeness (QED) is 0.365. The summed E-state index contributed by atoms with van der Waals surface area (Å²) in [5, 5.41) is 3.96. The van der Waals surface area contributed by atoms with E-state index in [4.69, 9.17) is 13.9 Å². The number of piperidine rings is 1. The molecule has 1 N–H and O–H groups in total. The van der Waals surface area contributed by atoms with Crippen LogP contribution in [0.15, 0.2) is 54.9 Å². The van der Waals surface area contributed by atoms with E-state index in [2.05, 4.69) is 26.1 Å². The molecule has 2 heterocycles. The third kappa shape index (κ3) is 6.00. The topological polar surface area (TPSA) is 67.4 Å². The Bertz CT molecular complexity index is 1310. The minimum atomic E-state index is -1.92. The first kappa shape index (κ1) is 20.9. The summed E-state index contributed by atoms with van der Waals surface area (Å²) < 4.78 is 21.4. The summed E-state index contributed by atoms with van der Waals surface area (Å²) in [6.07, 6.45) is 14.2. The van der Waals surface area contributed by atoms with Crippen LogP contribution in [-0.4, -0.2) is 46.8 Å². The molecule has 1 aromatic heterocycles. The van der Waals surface area contributed by atoms with Crippen LogP contribution in [0.1, 0.15) is 40.1 Å². The second kappa shape index (κ2) is 11.4. The van der Waals surface area contributed by atoms with Gasteiger partial charge in [0.05, 0.1) is 14.8 Å². The van der Waals surface area contributed by atoms with Crippen LogP contribution in [0.25, 0.3) is 10.9 Å². The number of carbonyl (C=O) groups excluding carboxylic acids is 1. The molecule has 2 aromatic carbocycles. The molecule has 0 bridgehead atoms. The van der Waals surface area contributed by atoms with Crippen molar-refractivity contribution in [2.75, 3.05) is 31.5 Å². The van der Waals surface area contributed by atoms with Crippen LogP contribution >= 0.6 is 0 Å². The highest BCUT2D eigenvalue weighted by atomic mass is 16.5. The molecule has 0 radical (unpaired) electrons. The molecular weight excluding hydrogens is 424 g/mol. The van der Waals surface area contributed by atoms with Gasteiger partial charge >= 0.3 is 0 Å². The fourth-order valence-corrected chi connectivity index (χ4v) is 4.12. The zero-order chi connectivity index (χ0) is 25.5. The molecular formula is C28H30N4O2. The van der Waals surface area contributed by atoms with Gasteiger partial charge in [0.15, 0.2) is 5.78 Å². The number of ketones is 1. The first-order chi connectivity index (χ1) is 17.3. The molecule has 0 amide bonds. The Morgan fingerprint density at radius 2 is 2.12 bits per heavy atom. The lowest BCUT2D eigenvalue weighted by Gasteiger charge is -2.24. The highest BCUT2D eigenvalue weighted by molar-refractivity contribution is 5.96. The van der Waals surface area contributed by atoms with E-state index in [1.807, 2.05) is 30.3 Å². The number of hydrogen-bond acceptors (Lipinski definition) is 6. The van der Waals surface area contributed by atoms with Gasteiger partial charge in [0.25, 0.3) is 0 Å². The number of nitrogens with zero attached hydrogens (tertiary/aromatic N) is 3. The van der Waals surface area contributed by atoms with Crippen LogP contribution in [-0.2, 0) is 11.2 Å². The first-order valence-corrected chi connectivity index (χ1v) is 11.5. The van der Waals surface area contributed by atoms with E-state index in [0.29, 0.717) is 22.3 Å². The number of terminal acetylenes is 1. The number of allylic oxidation sites excluding steroid dienone is 1. The highest BCUT2D eigenvalue weighted by Gasteiger charge is 2.14. The number of nitrogens with one attached hydrogen (secondary N) is 1. The van der Waals surface area contributed by atoms with Crippen molar-refractivity contribution in [2.24, 2.45) is 0 Å². The van der Waals surface area contributed by atoms with Gasteiger partial charge in [-0.05, 0) is 63.2 Å². The maximum Gasteiger partial charge on any atom is 0.159 e. The molecule has 0 spiro atoms. The zero-order valence-corrected chi connectivity index (χ0v) is 19.4. The van der Waals surface area contributed by atoms with Crippen molar-refractivity contribution in [3.8, 4) is 18.1 Å². The van der Waals surface area contributed by atoms with Crippen molar-refractivity contribution in [1.82, 2.24) is 14.9 Å². The highest BCUT2D eigenvalue weighted by Crippen LogP contribution is 2.30. The van der Waals surface area contributed by atoms with Crippen LogP contribution in [0.3, 0.4) is 0 Å². The Kier molecular flexibility index (Phi) is 7.03. The molecule has 0 saturated carbocycles. The summed E-state index contributed by atoms with van der Waals surface area (Å²) in [6.45, 7) is 2.29. The molecule has 6 nitrogen and oxygen atoms in total. The largest absolute Gasteiger partial charge is 0.494 e. The number of aromatic nitrogens is 2. The molecule has 1 aliphatic rings. The standard InChI is InChI=1S/C28H30N4O2/c1-3-21-10-8-11-23(16-21)31-28-25-18-22(27(34-4-2)19-26(25)29-20-30-28)17-24(33)12-9-15-32-13-6-5-7-14-32/h1,8-12,16,18-20H,4-7,13-15,17H2,2H3,(H,29,30,31)/b12-9+/i4D2. The minimum Gasteiger partial charge on any atom is -0.494 e. The maximum absolute atomic E-state index is 12.8. The molecule has 174 valence electrons. The minimum absolute atomic E-state index is 0.0682. The molecule has 4 rings (SSSR count). The number of hydrogen-bond donors (Lipinski definition) is 1. The van der Waals surface area contributed by atoms with E-state index < -0.39 is 6.56 Å². The van der Waals surface area contributed by atoms with Crippen molar-refractivity contribution in [3.05, 3.63) is 66.0 Å². The fourth-order valence-electron chi connectivity index (χ4n) is 4.12. The molecule has 0 unspecified atom stereocenters. The molecule has 6 heteroatoms. The second-order valence-corrected chi connectivity index (χ2v) is 8.26. The number of benzene rings is 2. The normalized spacial score (nSPS) is 15.5. The number of likely N-dealkylation sites (tertiary alicyclic amines) is 1. The molecule has 34 heavy (non-hydrogen) atoms. The zero-order valence-electron chi connectivity index (χ0n) is 21.4. The summed E-state index contributed by atoms with van der Waals surface area (Å²) in [4.78, 5) is 23.9. The van der Waals surface area contributed by atoms with Gasteiger partial charge in [-0.25, -0.2) is 9.97 Å². The summed E-state index contributed by atoms with van der Waals surface area (Å²) in [7, 11) is 0. The van der Waals surface area contributed by atoms with Crippen molar-refractivity contribution >= 4 is 28.2 Å². The predicted octanol–water partition coefficient (Wildman–Crippen LogP) is 4.91. The Morgan fingerprint density at radius 3 is 2.91 bits per heavy atom. The lowest BCUT2D eigenvalue weighted by molar-refractivity contribution is -0.114. The van der Waals surface area contributed by atoms with Crippen molar-refractivity contribution in [1.29, 1.82) is 0 Å². The average molecular weight is 457 g/mol. The molecule has 1 fully saturated rings. The third-order valence-electron chi connectivity index (χ3n) is 5.80. The maximum atomic E-state index is 12.8. The summed E-state index contributed by atoms with van der Waals surface area (Å²) >= 11 is 0. The van der Waals surface area contributed by atoms with Gasteiger partial charge in [0, 0.05) is 41.2 Å². The van der Waals surface area contributed by atoms with E-state index in [0.717, 1.165) is 30.9 Å². The smallest absolute Gasteiger partial charge is 0.159 e. The van der Waals surface area contributed by atoms with E-state index in [-0.39, 0.29) is 18.0 Å². The van der Waals surface area contributed by atoms with Crippen LogP contribution in [0.4, 0.5) is 11.5 Å². The van der Waals surface area contributed by atoms with Gasteiger partial charge in [0.2, 0.25) is 0 Å². The van der Waals surface area contributed by atoms with E-state index in [1.165, 1.54) is 32.5 Å². The van der Waals surface area contributed by atoms with Gasteiger partial charge in [0.1, 0.15) is 17.9 Å². The van der Waals surface area contributed by atoms with Crippen molar-refractivity contribution in [3.63, 3.8) is 0 Å². The summed E-state index contributed by atoms with van der Waals surface area (Å²) in [5.41, 5.74) is 2.64. The summed E-state index contributed by atoms with van der Waals surface area (Å²) in [6, 6.07) is 10.9. The number of anilines is 2. The lowest BCUT2D eigenvalue weighted by atomic mass is 10.0. The number of ether oxygens (including phenoxy) is 1. The van der Waals surface area contributed by atoms with E-state index >= 15 is 0 Å². The lowest BCUT2D eigenvalue weighted by Crippen LogP contribution is -2.29. The monoisotopic (exact) mass is 456 g/mol. The van der Waals surface area contributed by atoms with Gasteiger partial charge in [-0.2, -0.15) is 0 Å². The van der Waals surface area contributed by atoms with Crippen LogP contribution in [0.5, 0.6) is 5.75 Å². The fraction of sp³-hybridized carbons (Fsp3) is 0.321. The Morgan fingerprint density at radius 1 is 1.26 bits per heavy atom. The summed E-state index contributed by atoms with van der Waals surface area (Å²) in [5.74, 6) is 3.37. The van der Waals surface area contributed by atoms with Gasteiger partial charge in [-0.3, -0.25) is 9.69 Å². The molecule has 1 aliphatic heterocycles. The molecule has 0 atom stereocenters. The number of fused-ring (bicyclic) bond motifs is 1. The molecule has 1 saturated heterocycles. The van der Waals surface area contributed by atoms with Crippen molar-refractivity contribution in [2.45, 2.75) is 32.6 Å². The van der Waals surface area contributed by atoms with E-state index in [9.17, 15) is 4.79 Å². The first-order valence-electron chi connectivity index (χ1n) is 12.5. The number of rotatable bonds is 9. The van der Waals surface area contributed by atoms with Gasteiger partial charge < -0.3 is 10.1 Å². The molecule has 3 aromatic rings. The predicted molar refractivity (Wildman–Crippen MR) is 137 cm³/mol. The Labute approximate surface area is 203 Å². The Hall–Kier alpha value is -3.69. The second-order valence-electron chi connectivity index (χ2n) is 8.26. The SMILES string of the molecule is [2H]C([2H])(C)Oc1cc2ncnc(Nc3cccc(C#C)c3)c2cc1CC(=O)/C=C/CN1CCCCC1. The van der Waals surface area contributed by atoms with Crippen LogP contribution in [0, 0.1) is 12.3 Å². The Balaban J connectivity index is 1.62. The molecule has 0 aliphatic carbocycles. The van der Waals surface area contributed by atoms with Crippen LogP contribution in [0.2, 0.25) is 0 Å². The van der Waals surface area contributed by atoms with E-state index in [1.54, 1.807) is 18.2 Å². The third-order valence-corrected chi connectivity index (χ3v) is 5.80. The number of carbonyl (C=O) groups is 1.